The number of aromatic nitrogens is 3. The van der Waals surface area contributed by atoms with Gasteiger partial charge in [0.05, 0.1) is 6.10 Å². The van der Waals surface area contributed by atoms with Crippen molar-refractivity contribution in [3.63, 3.8) is 0 Å². The predicted octanol–water partition coefficient (Wildman–Crippen LogP) is 4.81. The van der Waals surface area contributed by atoms with Gasteiger partial charge in [-0.2, -0.15) is 4.98 Å². The zero-order valence-electron chi connectivity index (χ0n) is 19.0. The summed E-state index contributed by atoms with van der Waals surface area (Å²) in [5, 5.41) is 18.4. The van der Waals surface area contributed by atoms with Gasteiger partial charge in [0.15, 0.2) is 0 Å². The lowest BCUT2D eigenvalue weighted by molar-refractivity contribution is 0.111. The Morgan fingerprint density at radius 3 is 2.84 bits per heavy atom. The first-order chi connectivity index (χ1) is 15.1. The minimum atomic E-state index is -0.147. The van der Waals surface area contributed by atoms with Crippen LogP contribution in [-0.4, -0.2) is 43.9 Å². The van der Waals surface area contributed by atoms with E-state index in [4.69, 9.17) is 9.97 Å². The molecule has 1 saturated heterocycles. The molecule has 6 heteroatoms. The van der Waals surface area contributed by atoms with Crippen molar-refractivity contribution < 1.29 is 5.11 Å². The zero-order valence-corrected chi connectivity index (χ0v) is 19.0. The van der Waals surface area contributed by atoms with E-state index >= 15 is 0 Å². The van der Waals surface area contributed by atoms with Gasteiger partial charge in [0.25, 0.3) is 0 Å². The summed E-state index contributed by atoms with van der Waals surface area (Å²) in [5.41, 5.74) is 3.81. The summed E-state index contributed by atoms with van der Waals surface area (Å²) in [5.74, 6) is 0.734. The molecule has 0 spiro atoms. The molecule has 5 rings (SSSR count). The maximum Gasteiger partial charge on any atom is 0.224 e. The van der Waals surface area contributed by atoms with Crippen LogP contribution in [0, 0.1) is 0 Å². The molecule has 1 saturated carbocycles. The highest BCUT2D eigenvalue weighted by Gasteiger charge is 2.31. The van der Waals surface area contributed by atoms with E-state index in [0.29, 0.717) is 24.2 Å². The molecule has 3 aliphatic rings. The van der Waals surface area contributed by atoms with E-state index in [0.717, 1.165) is 50.1 Å². The Bertz CT molecular complexity index is 943. The Morgan fingerprint density at radius 1 is 1.23 bits per heavy atom. The normalized spacial score (nSPS) is 29.2. The number of aliphatic hydroxyl groups excluding tert-OH is 1. The van der Waals surface area contributed by atoms with Gasteiger partial charge in [-0.25, -0.2) is 4.98 Å². The third kappa shape index (κ3) is 4.37. The molecule has 168 valence electrons. The van der Waals surface area contributed by atoms with Crippen LogP contribution >= 0.6 is 0 Å². The first-order valence-corrected chi connectivity index (χ1v) is 12.4. The molecule has 0 radical (unpaired) electrons. The third-order valence-corrected chi connectivity index (χ3v) is 7.49. The summed E-state index contributed by atoms with van der Waals surface area (Å²) in [7, 11) is 0. The standard InChI is InChI=1S/C25H37N5O/c1-3-4-5-16(2)27-25-26-14-22-23(17-12-18-6-7-19(13-17)28-18)15-30(24(22)29-25)20-8-10-21(31)11-9-20/h12,14-16,18-21,28,31H,3-11,13H2,1-2H3,(H,26,27,29)/t16-,18?,19?,20?,21?/m0/s1. The van der Waals surface area contributed by atoms with E-state index in [1.807, 2.05) is 6.20 Å². The average Bonchev–Trinajstić information content (AvgIpc) is 3.32. The molecule has 1 aliphatic carbocycles. The van der Waals surface area contributed by atoms with Crippen molar-refractivity contribution in [2.45, 2.75) is 108 Å². The van der Waals surface area contributed by atoms with Crippen LogP contribution < -0.4 is 10.6 Å². The van der Waals surface area contributed by atoms with E-state index in [1.165, 1.54) is 42.2 Å². The Morgan fingerprint density at radius 2 is 2.06 bits per heavy atom. The molecule has 2 unspecified atom stereocenters. The van der Waals surface area contributed by atoms with Crippen molar-refractivity contribution in [2.24, 2.45) is 0 Å². The third-order valence-electron chi connectivity index (χ3n) is 7.49. The number of fused-ring (bicyclic) bond motifs is 3. The predicted molar refractivity (Wildman–Crippen MR) is 126 cm³/mol. The fraction of sp³-hybridized carbons (Fsp3) is 0.680. The van der Waals surface area contributed by atoms with Crippen LogP contribution in [-0.2, 0) is 0 Å². The van der Waals surface area contributed by atoms with E-state index in [9.17, 15) is 5.11 Å². The molecule has 0 aromatic carbocycles. The molecule has 2 aromatic heterocycles. The number of hydrogen-bond acceptors (Lipinski definition) is 5. The van der Waals surface area contributed by atoms with Crippen LogP contribution in [0.1, 0.15) is 89.7 Å². The van der Waals surface area contributed by atoms with Crippen molar-refractivity contribution >= 4 is 22.6 Å². The van der Waals surface area contributed by atoms with Crippen molar-refractivity contribution in [2.75, 3.05) is 5.32 Å². The van der Waals surface area contributed by atoms with Gasteiger partial charge in [-0.15, -0.1) is 0 Å². The summed E-state index contributed by atoms with van der Waals surface area (Å²) in [6, 6.07) is 1.89. The number of nitrogens with one attached hydrogen (secondary N) is 2. The topological polar surface area (TPSA) is 75.0 Å². The lowest BCUT2D eigenvalue weighted by atomic mass is 9.93. The lowest BCUT2D eigenvalue weighted by Gasteiger charge is -2.27. The molecule has 31 heavy (non-hydrogen) atoms. The van der Waals surface area contributed by atoms with Gasteiger partial charge in [-0.1, -0.05) is 25.8 Å². The Kier molecular flexibility index (Phi) is 6.02. The second kappa shape index (κ2) is 8.91. The lowest BCUT2D eigenvalue weighted by Crippen LogP contribution is -2.31. The SMILES string of the molecule is CCCC[C@H](C)Nc1ncc2c(C3=CC4CCC(C3)N4)cn(C3CCC(O)CC3)c2n1. The Labute approximate surface area is 185 Å². The monoisotopic (exact) mass is 423 g/mol. The highest BCUT2D eigenvalue weighted by Crippen LogP contribution is 2.39. The summed E-state index contributed by atoms with van der Waals surface area (Å²) >= 11 is 0. The smallest absolute Gasteiger partial charge is 0.224 e. The van der Waals surface area contributed by atoms with Gasteiger partial charge in [0, 0.05) is 47.5 Å². The first kappa shape index (κ1) is 21.0. The summed E-state index contributed by atoms with van der Waals surface area (Å²) in [4.78, 5) is 9.74. The van der Waals surface area contributed by atoms with Crippen molar-refractivity contribution in [1.29, 1.82) is 0 Å². The van der Waals surface area contributed by atoms with E-state index < -0.39 is 0 Å². The van der Waals surface area contributed by atoms with Crippen LogP contribution in [0.5, 0.6) is 0 Å². The first-order valence-electron chi connectivity index (χ1n) is 12.4. The molecule has 2 fully saturated rings. The van der Waals surface area contributed by atoms with E-state index in [2.05, 4.69) is 41.3 Å². The van der Waals surface area contributed by atoms with Gasteiger partial charge < -0.3 is 20.3 Å². The largest absolute Gasteiger partial charge is 0.393 e. The molecule has 2 aromatic rings. The number of unbranched alkanes of at least 4 members (excludes halogenated alkanes) is 1. The van der Waals surface area contributed by atoms with E-state index in [1.54, 1.807) is 0 Å². The van der Waals surface area contributed by atoms with Crippen molar-refractivity contribution in [3.05, 3.63) is 24.0 Å². The zero-order chi connectivity index (χ0) is 21.4. The Balaban J connectivity index is 1.50. The molecular weight excluding hydrogens is 386 g/mol. The van der Waals surface area contributed by atoms with Crippen LogP contribution in [0.4, 0.5) is 5.95 Å². The van der Waals surface area contributed by atoms with Crippen molar-refractivity contribution in [1.82, 2.24) is 19.9 Å². The van der Waals surface area contributed by atoms with Crippen LogP contribution in [0.25, 0.3) is 16.6 Å². The quantitative estimate of drug-likeness (QED) is 0.596. The van der Waals surface area contributed by atoms with Crippen molar-refractivity contribution in [3.8, 4) is 0 Å². The number of hydrogen-bond donors (Lipinski definition) is 3. The van der Waals surface area contributed by atoms with Gasteiger partial charge in [0.1, 0.15) is 5.65 Å². The van der Waals surface area contributed by atoms with Crippen LogP contribution in [0.2, 0.25) is 0 Å². The molecule has 0 amide bonds. The highest BCUT2D eigenvalue weighted by molar-refractivity contribution is 5.91. The van der Waals surface area contributed by atoms with Gasteiger partial charge >= 0.3 is 0 Å². The number of anilines is 1. The molecule has 4 heterocycles. The minimum Gasteiger partial charge on any atom is -0.393 e. The molecule has 6 nitrogen and oxygen atoms in total. The summed E-state index contributed by atoms with van der Waals surface area (Å²) < 4.78 is 2.39. The molecular formula is C25H37N5O. The second-order valence-corrected chi connectivity index (χ2v) is 9.97. The highest BCUT2D eigenvalue weighted by atomic mass is 16.3. The fourth-order valence-corrected chi connectivity index (χ4v) is 5.69. The second-order valence-electron chi connectivity index (χ2n) is 9.97. The van der Waals surface area contributed by atoms with Gasteiger partial charge in [-0.05, 0) is 63.9 Å². The van der Waals surface area contributed by atoms with E-state index in [-0.39, 0.29) is 6.10 Å². The maximum absolute atomic E-state index is 10.0. The minimum absolute atomic E-state index is 0.147. The molecule has 3 atom stereocenters. The number of nitrogens with zero attached hydrogens (tertiary/aromatic N) is 3. The molecule has 2 bridgehead atoms. The van der Waals surface area contributed by atoms with Gasteiger partial charge in [-0.3, -0.25) is 0 Å². The van der Waals surface area contributed by atoms with Crippen LogP contribution in [0.3, 0.4) is 0 Å². The van der Waals surface area contributed by atoms with Gasteiger partial charge in [0.2, 0.25) is 5.95 Å². The molecule has 2 aliphatic heterocycles. The average molecular weight is 424 g/mol. The fourth-order valence-electron chi connectivity index (χ4n) is 5.69. The van der Waals surface area contributed by atoms with Crippen LogP contribution in [0.15, 0.2) is 18.5 Å². The molecule has 3 N–H and O–H groups in total. The summed E-state index contributed by atoms with van der Waals surface area (Å²) in [6.45, 7) is 4.44. The number of rotatable bonds is 7. The summed E-state index contributed by atoms with van der Waals surface area (Å²) in [6.07, 6.45) is 17.6. The Hall–Kier alpha value is -1.92. The maximum atomic E-state index is 10.0. The number of aliphatic hydroxyl groups is 1.